The minimum absolute atomic E-state index is 0.391. The summed E-state index contributed by atoms with van der Waals surface area (Å²) in [6.07, 6.45) is 0.947. The van der Waals surface area contributed by atoms with E-state index in [-0.39, 0.29) is 0 Å². The molecule has 2 aromatic rings. The number of carbonyl (C=O) groups excluding carboxylic acids is 1. The fourth-order valence-electron chi connectivity index (χ4n) is 1.93. The molecule has 4 heteroatoms. The highest BCUT2D eigenvalue weighted by Gasteiger charge is 2.11. The average molecular weight is 255 g/mol. The molecule has 0 aliphatic carbocycles. The molecule has 1 amide bonds. The number of primary amides is 1. The van der Waals surface area contributed by atoms with E-state index in [1.807, 2.05) is 18.2 Å². The van der Waals surface area contributed by atoms with Crippen LogP contribution in [-0.2, 0) is 6.42 Å². The highest BCUT2D eigenvalue weighted by molar-refractivity contribution is 6.02. The molecule has 0 fully saturated rings. The summed E-state index contributed by atoms with van der Waals surface area (Å²) in [5, 5.41) is 3.17. The van der Waals surface area contributed by atoms with E-state index in [1.54, 1.807) is 18.2 Å². The maximum Gasteiger partial charge on any atom is 0.250 e. The van der Waals surface area contributed by atoms with Gasteiger partial charge in [-0.1, -0.05) is 25.1 Å². The van der Waals surface area contributed by atoms with Crippen LogP contribution in [0, 0.1) is 0 Å². The van der Waals surface area contributed by atoms with Crippen molar-refractivity contribution in [3.05, 3.63) is 53.6 Å². The van der Waals surface area contributed by atoms with E-state index < -0.39 is 5.91 Å². The lowest BCUT2D eigenvalue weighted by atomic mass is 10.1. The molecule has 98 valence electrons. The number of amides is 1. The van der Waals surface area contributed by atoms with Crippen molar-refractivity contribution in [1.82, 2.24) is 0 Å². The van der Waals surface area contributed by atoms with Gasteiger partial charge in [0.1, 0.15) is 0 Å². The van der Waals surface area contributed by atoms with E-state index in [2.05, 4.69) is 18.3 Å². The Morgan fingerprint density at radius 3 is 2.63 bits per heavy atom. The van der Waals surface area contributed by atoms with E-state index >= 15 is 0 Å². The maximum absolute atomic E-state index is 11.4. The molecule has 0 unspecified atom stereocenters. The second-order valence-electron chi connectivity index (χ2n) is 4.31. The lowest BCUT2D eigenvalue weighted by Gasteiger charge is -2.13. The molecule has 0 saturated carbocycles. The Hall–Kier alpha value is -2.49. The van der Waals surface area contributed by atoms with Crippen LogP contribution in [-0.4, -0.2) is 5.91 Å². The van der Waals surface area contributed by atoms with Gasteiger partial charge in [0.05, 0.1) is 16.9 Å². The van der Waals surface area contributed by atoms with Gasteiger partial charge in [0, 0.05) is 5.69 Å². The molecule has 0 bridgehead atoms. The Labute approximate surface area is 112 Å². The maximum atomic E-state index is 11.4. The number of aryl methyl sites for hydroxylation is 1. The first-order valence-electron chi connectivity index (χ1n) is 6.16. The standard InChI is InChI=1S/C15H17N3O/c1-2-10-5-3-6-11(9-10)18-14-12(15(17)19)7-4-8-13(14)16/h3-9,18H,2,16H2,1H3,(H2,17,19). The van der Waals surface area contributed by atoms with Crippen LogP contribution >= 0.6 is 0 Å². The van der Waals surface area contributed by atoms with Crippen molar-refractivity contribution in [3.8, 4) is 0 Å². The van der Waals surface area contributed by atoms with E-state index in [1.165, 1.54) is 5.56 Å². The number of nitrogen functional groups attached to an aromatic ring is 1. The number of rotatable bonds is 4. The van der Waals surface area contributed by atoms with Crippen LogP contribution in [0.4, 0.5) is 17.1 Å². The number of nitrogens with one attached hydrogen (secondary N) is 1. The van der Waals surface area contributed by atoms with E-state index in [0.717, 1.165) is 12.1 Å². The van der Waals surface area contributed by atoms with Gasteiger partial charge in [-0.25, -0.2) is 0 Å². The third kappa shape index (κ3) is 2.85. The van der Waals surface area contributed by atoms with E-state index in [4.69, 9.17) is 11.5 Å². The smallest absolute Gasteiger partial charge is 0.250 e. The van der Waals surface area contributed by atoms with Crippen LogP contribution in [0.25, 0.3) is 0 Å². The van der Waals surface area contributed by atoms with Gasteiger partial charge in [-0.2, -0.15) is 0 Å². The first-order valence-corrected chi connectivity index (χ1v) is 6.16. The fourth-order valence-corrected chi connectivity index (χ4v) is 1.93. The van der Waals surface area contributed by atoms with Crippen molar-refractivity contribution in [2.45, 2.75) is 13.3 Å². The number of para-hydroxylation sites is 1. The molecule has 0 radical (unpaired) electrons. The van der Waals surface area contributed by atoms with Crippen LogP contribution < -0.4 is 16.8 Å². The fraction of sp³-hybridized carbons (Fsp3) is 0.133. The quantitative estimate of drug-likeness (QED) is 0.735. The second kappa shape index (κ2) is 5.44. The minimum Gasteiger partial charge on any atom is -0.397 e. The number of benzene rings is 2. The van der Waals surface area contributed by atoms with Crippen LogP contribution in [0.3, 0.4) is 0 Å². The van der Waals surface area contributed by atoms with Crippen molar-refractivity contribution in [2.24, 2.45) is 5.73 Å². The number of anilines is 3. The molecule has 0 spiro atoms. The van der Waals surface area contributed by atoms with Gasteiger partial charge >= 0.3 is 0 Å². The van der Waals surface area contributed by atoms with Gasteiger partial charge in [-0.15, -0.1) is 0 Å². The van der Waals surface area contributed by atoms with Crippen LogP contribution in [0.15, 0.2) is 42.5 Å². The SMILES string of the molecule is CCc1cccc(Nc2c(N)cccc2C(N)=O)c1. The van der Waals surface area contributed by atoms with Gasteiger partial charge in [0.2, 0.25) is 0 Å². The first-order chi connectivity index (χ1) is 9.11. The third-order valence-corrected chi connectivity index (χ3v) is 2.97. The molecule has 0 heterocycles. The third-order valence-electron chi connectivity index (χ3n) is 2.97. The van der Waals surface area contributed by atoms with Crippen molar-refractivity contribution >= 4 is 23.0 Å². The lowest BCUT2D eigenvalue weighted by molar-refractivity contribution is 0.100. The Bertz CT molecular complexity index is 608. The number of hydrogen-bond donors (Lipinski definition) is 3. The predicted molar refractivity (Wildman–Crippen MR) is 78.5 cm³/mol. The Morgan fingerprint density at radius 1 is 1.21 bits per heavy atom. The van der Waals surface area contributed by atoms with Crippen LogP contribution in [0.5, 0.6) is 0 Å². The summed E-state index contributed by atoms with van der Waals surface area (Å²) in [6.45, 7) is 2.09. The first kappa shape index (κ1) is 13.0. The van der Waals surface area contributed by atoms with Gasteiger partial charge in [-0.05, 0) is 36.2 Å². The molecule has 0 aliphatic rings. The summed E-state index contributed by atoms with van der Waals surface area (Å²) >= 11 is 0. The summed E-state index contributed by atoms with van der Waals surface area (Å²) in [5.41, 5.74) is 14.8. The molecule has 19 heavy (non-hydrogen) atoms. The van der Waals surface area contributed by atoms with Crippen LogP contribution in [0.2, 0.25) is 0 Å². The topological polar surface area (TPSA) is 81.1 Å². The molecule has 5 N–H and O–H groups in total. The molecule has 2 aromatic carbocycles. The number of hydrogen-bond acceptors (Lipinski definition) is 3. The highest BCUT2D eigenvalue weighted by atomic mass is 16.1. The summed E-state index contributed by atoms with van der Waals surface area (Å²) in [5.74, 6) is -0.499. The average Bonchev–Trinajstić information content (AvgIpc) is 2.41. The predicted octanol–water partition coefficient (Wildman–Crippen LogP) is 2.67. The Morgan fingerprint density at radius 2 is 1.95 bits per heavy atom. The van der Waals surface area contributed by atoms with Crippen LogP contribution in [0.1, 0.15) is 22.8 Å². The Balaban J connectivity index is 2.40. The summed E-state index contributed by atoms with van der Waals surface area (Å²) < 4.78 is 0. The second-order valence-corrected chi connectivity index (χ2v) is 4.31. The zero-order valence-corrected chi connectivity index (χ0v) is 10.8. The zero-order chi connectivity index (χ0) is 13.8. The number of nitrogens with two attached hydrogens (primary N) is 2. The summed E-state index contributed by atoms with van der Waals surface area (Å²) in [6, 6.07) is 13.1. The monoisotopic (exact) mass is 255 g/mol. The molecule has 0 saturated heterocycles. The van der Waals surface area contributed by atoms with E-state index in [9.17, 15) is 4.79 Å². The van der Waals surface area contributed by atoms with Gasteiger partial charge in [-0.3, -0.25) is 4.79 Å². The molecule has 0 aliphatic heterocycles. The summed E-state index contributed by atoms with van der Waals surface area (Å²) in [7, 11) is 0. The molecular formula is C15H17N3O. The Kier molecular flexibility index (Phi) is 3.71. The number of carbonyl (C=O) groups is 1. The van der Waals surface area contributed by atoms with Crippen molar-refractivity contribution in [1.29, 1.82) is 0 Å². The molecule has 2 rings (SSSR count). The van der Waals surface area contributed by atoms with Crippen molar-refractivity contribution in [3.63, 3.8) is 0 Å². The van der Waals surface area contributed by atoms with Gasteiger partial charge in [0.25, 0.3) is 5.91 Å². The van der Waals surface area contributed by atoms with Crippen molar-refractivity contribution in [2.75, 3.05) is 11.1 Å². The summed E-state index contributed by atoms with van der Waals surface area (Å²) in [4.78, 5) is 11.4. The highest BCUT2D eigenvalue weighted by Crippen LogP contribution is 2.27. The van der Waals surface area contributed by atoms with E-state index in [0.29, 0.717) is 16.9 Å². The lowest BCUT2D eigenvalue weighted by Crippen LogP contribution is -2.14. The van der Waals surface area contributed by atoms with Gasteiger partial charge < -0.3 is 16.8 Å². The normalized spacial score (nSPS) is 10.2. The zero-order valence-electron chi connectivity index (χ0n) is 10.8. The van der Waals surface area contributed by atoms with Gasteiger partial charge in [0.15, 0.2) is 0 Å². The minimum atomic E-state index is -0.499. The molecule has 4 nitrogen and oxygen atoms in total. The molecule has 0 aromatic heterocycles. The van der Waals surface area contributed by atoms with Crippen molar-refractivity contribution < 1.29 is 4.79 Å². The largest absolute Gasteiger partial charge is 0.397 e. The molecular weight excluding hydrogens is 238 g/mol. The molecule has 0 atom stereocenters.